The van der Waals surface area contributed by atoms with E-state index in [1.165, 1.54) is 0 Å². The number of hydrogen-bond acceptors (Lipinski definition) is 4. The first-order valence-corrected chi connectivity index (χ1v) is 8.12. The normalized spacial score (nSPS) is 14.2. The molecule has 1 saturated heterocycles. The van der Waals surface area contributed by atoms with E-state index in [0.717, 1.165) is 48.1 Å². The molecule has 1 amide bonds. The van der Waals surface area contributed by atoms with Crippen LogP contribution in [0.15, 0.2) is 48.8 Å². The largest absolute Gasteiger partial charge is 0.399 e. The number of nitrogens with zero attached hydrogens (tertiary/aromatic N) is 3. The molecule has 2 N–H and O–H groups in total. The van der Waals surface area contributed by atoms with Gasteiger partial charge >= 0.3 is 0 Å². The van der Waals surface area contributed by atoms with Gasteiger partial charge in [0.1, 0.15) is 0 Å². The van der Waals surface area contributed by atoms with Gasteiger partial charge < -0.3 is 10.6 Å². The van der Waals surface area contributed by atoms with E-state index in [4.69, 9.17) is 5.73 Å². The van der Waals surface area contributed by atoms with Crippen LogP contribution in [0.2, 0.25) is 0 Å². The smallest absolute Gasteiger partial charge is 0.253 e. The number of amides is 1. The van der Waals surface area contributed by atoms with Crippen molar-refractivity contribution < 1.29 is 4.79 Å². The number of rotatable bonds is 2. The Hall–Kier alpha value is -2.95. The van der Waals surface area contributed by atoms with Gasteiger partial charge in [-0.2, -0.15) is 0 Å². The van der Waals surface area contributed by atoms with Crippen molar-refractivity contribution in [3.05, 3.63) is 54.4 Å². The molecule has 2 aromatic carbocycles. The van der Waals surface area contributed by atoms with Gasteiger partial charge in [-0.05, 0) is 54.3 Å². The molecule has 1 aliphatic rings. The number of benzene rings is 2. The molecular weight excluding hydrogens is 300 g/mol. The Bertz CT molecular complexity index is 916. The molecular formula is C19H18N4O. The Kier molecular flexibility index (Phi) is 3.61. The minimum Gasteiger partial charge on any atom is -0.399 e. The fourth-order valence-electron chi connectivity index (χ4n) is 3.19. The topological polar surface area (TPSA) is 72.1 Å². The molecule has 0 aliphatic carbocycles. The minimum atomic E-state index is 0.0571. The predicted octanol–water partition coefficient (Wildman–Crippen LogP) is 3.12. The summed E-state index contributed by atoms with van der Waals surface area (Å²) in [6.45, 7) is 1.66. The molecule has 0 spiro atoms. The number of aromatic nitrogens is 2. The van der Waals surface area contributed by atoms with Crippen LogP contribution in [0.3, 0.4) is 0 Å². The average molecular weight is 318 g/mol. The summed E-state index contributed by atoms with van der Waals surface area (Å²) in [5.74, 6) is 0.0571. The van der Waals surface area contributed by atoms with E-state index in [0.29, 0.717) is 11.3 Å². The number of likely N-dealkylation sites (tertiary alicyclic amines) is 1. The molecule has 24 heavy (non-hydrogen) atoms. The Labute approximate surface area is 140 Å². The SMILES string of the molecule is Nc1cc(C(=O)N2CCCC2)cc(-c2ccc3nccnc3c2)c1. The van der Waals surface area contributed by atoms with Gasteiger partial charge in [-0.25, -0.2) is 0 Å². The molecule has 4 rings (SSSR count). The zero-order valence-corrected chi connectivity index (χ0v) is 13.3. The van der Waals surface area contributed by atoms with Crippen molar-refractivity contribution in [2.75, 3.05) is 18.8 Å². The van der Waals surface area contributed by atoms with Crippen molar-refractivity contribution in [1.29, 1.82) is 0 Å². The fraction of sp³-hybridized carbons (Fsp3) is 0.211. The van der Waals surface area contributed by atoms with E-state index in [1.807, 2.05) is 35.2 Å². The van der Waals surface area contributed by atoms with Crippen molar-refractivity contribution >= 4 is 22.6 Å². The number of carbonyl (C=O) groups excluding carboxylic acids is 1. The average Bonchev–Trinajstić information content (AvgIpc) is 3.14. The van der Waals surface area contributed by atoms with E-state index in [-0.39, 0.29) is 5.91 Å². The summed E-state index contributed by atoms with van der Waals surface area (Å²) < 4.78 is 0. The Morgan fingerprint density at radius 2 is 1.67 bits per heavy atom. The monoisotopic (exact) mass is 318 g/mol. The maximum atomic E-state index is 12.6. The first-order chi connectivity index (χ1) is 11.7. The summed E-state index contributed by atoms with van der Waals surface area (Å²) in [6.07, 6.45) is 5.50. The van der Waals surface area contributed by atoms with Crippen molar-refractivity contribution in [3.63, 3.8) is 0 Å². The van der Waals surface area contributed by atoms with Crippen LogP contribution in [0.4, 0.5) is 5.69 Å². The number of carbonyl (C=O) groups is 1. The molecule has 5 heteroatoms. The lowest BCUT2D eigenvalue weighted by Crippen LogP contribution is -2.27. The lowest BCUT2D eigenvalue weighted by Gasteiger charge is -2.16. The van der Waals surface area contributed by atoms with E-state index < -0.39 is 0 Å². The molecule has 0 saturated carbocycles. The molecule has 0 unspecified atom stereocenters. The van der Waals surface area contributed by atoms with Crippen LogP contribution in [0.5, 0.6) is 0 Å². The van der Waals surface area contributed by atoms with Crippen LogP contribution in [0.1, 0.15) is 23.2 Å². The molecule has 3 aromatic rings. The van der Waals surface area contributed by atoms with E-state index in [1.54, 1.807) is 18.5 Å². The van der Waals surface area contributed by atoms with Gasteiger partial charge in [0.15, 0.2) is 0 Å². The van der Waals surface area contributed by atoms with E-state index >= 15 is 0 Å². The maximum Gasteiger partial charge on any atom is 0.253 e. The highest BCUT2D eigenvalue weighted by Gasteiger charge is 2.20. The first-order valence-electron chi connectivity index (χ1n) is 8.12. The third-order valence-electron chi connectivity index (χ3n) is 4.40. The molecule has 1 fully saturated rings. The first kappa shape index (κ1) is 14.6. The highest BCUT2D eigenvalue weighted by molar-refractivity contribution is 5.97. The summed E-state index contributed by atoms with van der Waals surface area (Å²) in [6, 6.07) is 11.4. The van der Waals surface area contributed by atoms with Gasteiger partial charge in [-0.1, -0.05) is 6.07 Å². The summed E-state index contributed by atoms with van der Waals surface area (Å²) in [5, 5.41) is 0. The second-order valence-electron chi connectivity index (χ2n) is 6.10. The number of fused-ring (bicyclic) bond motifs is 1. The van der Waals surface area contributed by atoms with Gasteiger partial charge in [0.2, 0.25) is 0 Å². The van der Waals surface area contributed by atoms with Gasteiger partial charge in [0.25, 0.3) is 5.91 Å². The van der Waals surface area contributed by atoms with Crippen molar-refractivity contribution in [1.82, 2.24) is 14.9 Å². The van der Waals surface area contributed by atoms with E-state index in [9.17, 15) is 4.79 Å². The predicted molar refractivity (Wildman–Crippen MR) is 94.5 cm³/mol. The van der Waals surface area contributed by atoms with Gasteiger partial charge in [0.05, 0.1) is 11.0 Å². The van der Waals surface area contributed by atoms with Crippen molar-refractivity contribution in [2.24, 2.45) is 0 Å². The second-order valence-corrected chi connectivity index (χ2v) is 6.10. The number of hydrogen-bond donors (Lipinski definition) is 1. The van der Waals surface area contributed by atoms with Crippen LogP contribution in [0.25, 0.3) is 22.2 Å². The van der Waals surface area contributed by atoms with Crippen molar-refractivity contribution in [2.45, 2.75) is 12.8 Å². The number of nitrogens with two attached hydrogens (primary N) is 1. The quantitative estimate of drug-likeness (QED) is 0.737. The van der Waals surface area contributed by atoms with Gasteiger partial charge in [-0.3, -0.25) is 14.8 Å². The standard InChI is InChI=1S/C19H18N4O/c20-16-10-14(9-15(11-16)19(24)23-7-1-2-8-23)13-3-4-17-18(12-13)22-6-5-21-17/h3-6,9-12H,1-2,7-8,20H2. The lowest BCUT2D eigenvalue weighted by atomic mass is 10.0. The summed E-state index contributed by atoms with van der Waals surface area (Å²) >= 11 is 0. The molecule has 1 aliphatic heterocycles. The van der Waals surface area contributed by atoms with Crippen LogP contribution in [-0.2, 0) is 0 Å². The molecule has 0 bridgehead atoms. The van der Waals surface area contributed by atoms with Crippen molar-refractivity contribution in [3.8, 4) is 11.1 Å². The van der Waals surface area contributed by atoms with Crippen LogP contribution >= 0.6 is 0 Å². The maximum absolute atomic E-state index is 12.6. The van der Waals surface area contributed by atoms with E-state index in [2.05, 4.69) is 9.97 Å². The molecule has 5 nitrogen and oxygen atoms in total. The van der Waals surface area contributed by atoms with Gasteiger partial charge in [0, 0.05) is 36.7 Å². The van der Waals surface area contributed by atoms with Crippen LogP contribution in [0, 0.1) is 0 Å². The Balaban J connectivity index is 1.75. The third-order valence-corrected chi connectivity index (χ3v) is 4.40. The van der Waals surface area contributed by atoms with Crippen LogP contribution < -0.4 is 5.73 Å². The van der Waals surface area contributed by atoms with Gasteiger partial charge in [-0.15, -0.1) is 0 Å². The summed E-state index contributed by atoms with van der Waals surface area (Å²) in [7, 11) is 0. The minimum absolute atomic E-state index is 0.0571. The molecule has 0 radical (unpaired) electrons. The molecule has 1 aromatic heterocycles. The molecule has 120 valence electrons. The third kappa shape index (κ3) is 2.69. The fourth-order valence-corrected chi connectivity index (χ4v) is 3.19. The Morgan fingerprint density at radius 3 is 2.46 bits per heavy atom. The summed E-state index contributed by atoms with van der Waals surface area (Å²) in [4.78, 5) is 23.2. The number of anilines is 1. The number of nitrogen functional groups attached to an aromatic ring is 1. The molecule has 0 atom stereocenters. The van der Waals surface area contributed by atoms with Crippen LogP contribution in [-0.4, -0.2) is 33.9 Å². The lowest BCUT2D eigenvalue weighted by molar-refractivity contribution is 0.0793. The zero-order valence-electron chi connectivity index (χ0n) is 13.3. The highest BCUT2D eigenvalue weighted by Crippen LogP contribution is 2.27. The Morgan fingerprint density at radius 1 is 0.917 bits per heavy atom. The molecule has 2 heterocycles. The summed E-state index contributed by atoms with van der Waals surface area (Å²) in [5.41, 5.74) is 10.9. The second kappa shape index (κ2) is 5.92. The highest BCUT2D eigenvalue weighted by atomic mass is 16.2. The zero-order chi connectivity index (χ0) is 16.5.